The number of hydrogen-bond donors (Lipinski definition) is 1. The number of hydrogen-bond acceptors (Lipinski definition) is 3. The van der Waals surface area contributed by atoms with E-state index in [1.807, 2.05) is 0 Å². The van der Waals surface area contributed by atoms with Crippen molar-refractivity contribution in [1.29, 1.82) is 0 Å². The molecule has 1 heterocycles. The first kappa shape index (κ1) is 25.5. The summed E-state index contributed by atoms with van der Waals surface area (Å²) < 4.78 is 5.79. The second-order valence-electron chi connectivity index (χ2n) is 9.55. The highest BCUT2D eigenvalue weighted by atomic mass is 32.1. The summed E-state index contributed by atoms with van der Waals surface area (Å²) in [5.74, 6) is 0. The smallest absolute Gasteiger partial charge is 0.173 e. The van der Waals surface area contributed by atoms with Gasteiger partial charge in [-0.1, -0.05) is 25.1 Å². The molecule has 0 aromatic heterocycles. The number of anilines is 2. The molecular weight excluding hydrogens is 426 g/mol. The minimum Gasteiger partial charge on any atom is -0.379 e. The van der Waals surface area contributed by atoms with Gasteiger partial charge >= 0.3 is 0 Å². The van der Waals surface area contributed by atoms with E-state index in [2.05, 4.69) is 86.1 Å². The summed E-state index contributed by atoms with van der Waals surface area (Å²) in [4.78, 5) is 4.82. The maximum absolute atomic E-state index is 5.88. The van der Waals surface area contributed by atoms with Gasteiger partial charge in [-0.25, -0.2) is 0 Å². The predicted molar refractivity (Wildman–Crippen MR) is 146 cm³/mol. The molecule has 0 spiro atoms. The van der Waals surface area contributed by atoms with Gasteiger partial charge in [-0.2, -0.15) is 0 Å². The summed E-state index contributed by atoms with van der Waals surface area (Å²) in [7, 11) is 0. The number of nitrogens with one attached hydrogen (secondary N) is 1. The summed E-state index contributed by atoms with van der Waals surface area (Å²) in [6.07, 6.45) is 4.79. The standard InChI is InChI=1S/C28H41N3OS/c1-6-12-30-13-7-9-25-19-24(10-11-27(25)30)20-31(14-8-15-32-21(2)3)28(33)29-26-17-22(4)16-23(5)18-26/h10-11,16-19,21H,6-9,12-15,20H2,1-5H3,(H,29,33). The normalized spacial score (nSPS) is 13.2. The Morgan fingerprint density at radius 1 is 1.15 bits per heavy atom. The van der Waals surface area contributed by atoms with Gasteiger partial charge in [-0.15, -0.1) is 0 Å². The lowest BCUT2D eigenvalue weighted by molar-refractivity contribution is 0.0739. The Kier molecular flexibility index (Phi) is 9.57. The third kappa shape index (κ3) is 7.72. The molecule has 0 saturated carbocycles. The van der Waals surface area contributed by atoms with E-state index in [9.17, 15) is 0 Å². The predicted octanol–water partition coefficient (Wildman–Crippen LogP) is 6.48. The van der Waals surface area contributed by atoms with Crippen LogP contribution in [0.5, 0.6) is 0 Å². The molecule has 0 bridgehead atoms. The van der Waals surface area contributed by atoms with Crippen molar-refractivity contribution in [1.82, 2.24) is 4.90 Å². The molecule has 0 saturated heterocycles. The Bertz CT molecular complexity index is 907. The molecule has 1 N–H and O–H groups in total. The molecule has 0 aliphatic carbocycles. The zero-order valence-corrected chi connectivity index (χ0v) is 21.9. The zero-order valence-electron chi connectivity index (χ0n) is 21.1. The molecule has 1 aliphatic heterocycles. The molecule has 0 unspecified atom stereocenters. The minimum atomic E-state index is 0.255. The molecule has 3 rings (SSSR count). The zero-order chi connectivity index (χ0) is 23.8. The Labute approximate surface area is 206 Å². The lowest BCUT2D eigenvalue weighted by Crippen LogP contribution is -2.36. The number of aryl methyl sites for hydroxylation is 3. The van der Waals surface area contributed by atoms with Crippen LogP contribution in [0.1, 0.15) is 62.3 Å². The molecule has 5 heteroatoms. The number of nitrogens with zero attached hydrogens (tertiary/aromatic N) is 2. The van der Waals surface area contributed by atoms with Crippen molar-refractivity contribution in [2.45, 2.75) is 73.0 Å². The van der Waals surface area contributed by atoms with E-state index in [1.165, 1.54) is 47.3 Å². The highest BCUT2D eigenvalue weighted by Crippen LogP contribution is 2.28. The van der Waals surface area contributed by atoms with Crippen LogP contribution in [0.15, 0.2) is 36.4 Å². The van der Waals surface area contributed by atoms with Gasteiger partial charge in [0.1, 0.15) is 0 Å². The van der Waals surface area contributed by atoms with Crippen molar-refractivity contribution in [2.75, 3.05) is 36.5 Å². The van der Waals surface area contributed by atoms with Crippen LogP contribution in [-0.2, 0) is 17.7 Å². The van der Waals surface area contributed by atoms with E-state index in [0.717, 1.165) is 49.9 Å². The fourth-order valence-corrected chi connectivity index (χ4v) is 4.90. The second kappa shape index (κ2) is 12.4. The number of benzene rings is 2. The fraction of sp³-hybridized carbons (Fsp3) is 0.536. The van der Waals surface area contributed by atoms with E-state index in [0.29, 0.717) is 0 Å². The van der Waals surface area contributed by atoms with Gasteiger partial charge in [-0.05, 0) is 106 Å². The number of fused-ring (bicyclic) bond motifs is 1. The van der Waals surface area contributed by atoms with E-state index >= 15 is 0 Å². The summed E-state index contributed by atoms with van der Waals surface area (Å²) in [6.45, 7) is 15.4. The fourth-order valence-electron chi connectivity index (χ4n) is 4.63. The van der Waals surface area contributed by atoms with Gasteiger partial charge in [0.25, 0.3) is 0 Å². The highest BCUT2D eigenvalue weighted by molar-refractivity contribution is 7.80. The second-order valence-corrected chi connectivity index (χ2v) is 9.94. The number of thiocarbonyl (C=S) groups is 1. The van der Waals surface area contributed by atoms with E-state index < -0.39 is 0 Å². The minimum absolute atomic E-state index is 0.255. The summed E-state index contributed by atoms with van der Waals surface area (Å²) in [6, 6.07) is 13.5. The number of rotatable bonds is 10. The maximum atomic E-state index is 5.88. The van der Waals surface area contributed by atoms with Crippen LogP contribution in [0.4, 0.5) is 11.4 Å². The summed E-state index contributed by atoms with van der Waals surface area (Å²) >= 11 is 5.88. The van der Waals surface area contributed by atoms with Crippen molar-refractivity contribution in [3.63, 3.8) is 0 Å². The lowest BCUT2D eigenvalue weighted by Gasteiger charge is -2.32. The Morgan fingerprint density at radius 2 is 1.91 bits per heavy atom. The van der Waals surface area contributed by atoms with Gasteiger partial charge in [0.2, 0.25) is 0 Å². The van der Waals surface area contributed by atoms with Gasteiger partial charge < -0.3 is 19.9 Å². The third-order valence-electron chi connectivity index (χ3n) is 6.01. The molecule has 2 aromatic carbocycles. The molecule has 1 aliphatic rings. The van der Waals surface area contributed by atoms with E-state index in [1.54, 1.807) is 0 Å². The molecule has 180 valence electrons. The van der Waals surface area contributed by atoms with Crippen LogP contribution in [-0.4, -0.2) is 42.4 Å². The molecule has 0 atom stereocenters. The number of ether oxygens (including phenoxy) is 1. The van der Waals surface area contributed by atoms with Crippen molar-refractivity contribution in [2.24, 2.45) is 0 Å². The molecular formula is C28H41N3OS. The topological polar surface area (TPSA) is 27.7 Å². The van der Waals surface area contributed by atoms with Gasteiger partial charge in [0.15, 0.2) is 5.11 Å². The third-order valence-corrected chi connectivity index (χ3v) is 6.37. The summed E-state index contributed by atoms with van der Waals surface area (Å²) in [5.41, 5.74) is 7.75. The van der Waals surface area contributed by atoms with Crippen molar-refractivity contribution < 1.29 is 4.74 Å². The van der Waals surface area contributed by atoms with E-state index in [-0.39, 0.29) is 6.10 Å². The maximum Gasteiger partial charge on any atom is 0.173 e. The Morgan fingerprint density at radius 3 is 2.61 bits per heavy atom. The quantitative estimate of drug-likeness (QED) is 0.319. The van der Waals surface area contributed by atoms with Gasteiger partial charge in [0, 0.05) is 44.2 Å². The van der Waals surface area contributed by atoms with Gasteiger partial charge in [0.05, 0.1) is 6.10 Å². The monoisotopic (exact) mass is 467 g/mol. The van der Waals surface area contributed by atoms with Crippen LogP contribution >= 0.6 is 12.2 Å². The molecule has 33 heavy (non-hydrogen) atoms. The molecule has 0 fully saturated rings. The van der Waals surface area contributed by atoms with Crippen molar-refractivity contribution in [3.05, 3.63) is 58.7 Å². The van der Waals surface area contributed by atoms with Gasteiger partial charge in [-0.3, -0.25) is 0 Å². The molecule has 2 aromatic rings. The highest BCUT2D eigenvalue weighted by Gasteiger charge is 2.18. The van der Waals surface area contributed by atoms with E-state index in [4.69, 9.17) is 17.0 Å². The van der Waals surface area contributed by atoms with Crippen LogP contribution in [0.2, 0.25) is 0 Å². The first-order valence-corrected chi connectivity index (χ1v) is 12.9. The molecule has 4 nitrogen and oxygen atoms in total. The van der Waals surface area contributed by atoms with Crippen LogP contribution in [0, 0.1) is 13.8 Å². The average Bonchev–Trinajstić information content (AvgIpc) is 2.75. The Hall–Kier alpha value is -2.11. The average molecular weight is 468 g/mol. The lowest BCUT2D eigenvalue weighted by atomic mass is 9.99. The molecule has 0 amide bonds. The largest absolute Gasteiger partial charge is 0.379 e. The SMILES string of the molecule is CCCN1CCCc2cc(CN(CCCOC(C)C)C(=S)Nc3cc(C)cc(C)c3)ccc21. The molecule has 0 radical (unpaired) electrons. The first-order chi connectivity index (χ1) is 15.9. The first-order valence-electron chi connectivity index (χ1n) is 12.5. The Balaban J connectivity index is 1.73. The van der Waals surface area contributed by atoms with Crippen LogP contribution in [0.3, 0.4) is 0 Å². The van der Waals surface area contributed by atoms with Crippen LogP contribution < -0.4 is 10.2 Å². The van der Waals surface area contributed by atoms with Crippen molar-refractivity contribution >= 4 is 28.7 Å². The van der Waals surface area contributed by atoms with Crippen LogP contribution in [0.25, 0.3) is 0 Å². The summed E-state index contributed by atoms with van der Waals surface area (Å²) in [5, 5.41) is 4.26. The van der Waals surface area contributed by atoms with Crippen molar-refractivity contribution in [3.8, 4) is 0 Å².